The van der Waals surface area contributed by atoms with Gasteiger partial charge in [-0.25, -0.2) is 9.37 Å². The number of para-hydroxylation sites is 1. The maximum absolute atomic E-state index is 13.9. The van der Waals surface area contributed by atoms with Gasteiger partial charge >= 0.3 is 0 Å². The molecule has 28 heavy (non-hydrogen) atoms. The van der Waals surface area contributed by atoms with Crippen LogP contribution in [0.1, 0.15) is 39.9 Å². The lowest BCUT2D eigenvalue weighted by Gasteiger charge is -2.16. The first kappa shape index (κ1) is 18.1. The summed E-state index contributed by atoms with van der Waals surface area (Å²) in [6.45, 7) is 4.80. The fourth-order valence-corrected chi connectivity index (χ4v) is 3.33. The molecule has 3 heterocycles. The van der Waals surface area contributed by atoms with Crippen LogP contribution >= 0.6 is 0 Å². The summed E-state index contributed by atoms with van der Waals surface area (Å²) in [7, 11) is 0. The molecule has 2 aromatic heterocycles. The number of carbonyl (C=O) groups excluding carboxylic acids is 1. The van der Waals surface area contributed by atoms with Gasteiger partial charge in [0.1, 0.15) is 5.82 Å². The normalized spacial score (nSPS) is 16.4. The number of aromatic amines is 1. The molecule has 1 aliphatic rings. The monoisotopic (exact) mass is 381 g/mol. The number of amides is 1. The summed E-state index contributed by atoms with van der Waals surface area (Å²) in [6, 6.07) is 7.86. The van der Waals surface area contributed by atoms with Crippen LogP contribution in [0.15, 0.2) is 36.5 Å². The minimum absolute atomic E-state index is 0.000901. The van der Waals surface area contributed by atoms with Crippen LogP contribution in [0.3, 0.4) is 0 Å². The highest BCUT2D eigenvalue weighted by molar-refractivity contribution is 5.95. The van der Waals surface area contributed by atoms with Gasteiger partial charge in [-0.2, -0.15) is 10.1 Å². The van der Waals surface area contributed by atoms with Crippen LogP contribution in [-0.4, -0.2) is 44.1 Å². The molecule has 0 bridgehead atoms. The molecule has 0 saturated carbocycles. The van der Waals surface area contributed by atoms with E-state index in [0.717, 1.165) is 17.8 Å². The fourth-order valence-electron chi connectivity index (χ4n) is 3.33. The van der Waals surface area contributed by atoms with Gasteiger partial charge in [0.25, 0.3) is 5.91 Å². The lowest BCUT2D eigenvalue weighted by Crippen LogP contribution is -2.28. The highest BCUT2D eigenvalue weighted by Gasteiger charge is 2.31. The number of benzene rings is 1. The maximum Gasteiger partial charge on any atom is 0.257 e. The average molecular weight is 381 g/mol. The van der Waals surface area contributed by atoms with Crippen LogP contribution in [0.2, 0.25) is 0 Å². The average Bonchev–Trinajstić information content (AvgIpc) is 3.32. The first-order valence-corrected chi connectivity index (χ1v) is 9.08. The van der Waals surface area contributed by atoms with Gasteiger partial charge in [0.15, 0.2) is 11.6 Å². The summed E-state index contributed by atoms with van der Waals surface area (Å²) in [6.07, 6.45) is 2.31. The molecular formula is C20H20FN5O2. The number of halogens is 1. The number of aryl methyl sites for hydroxylation is 2. The molecule has 0 aliphatic carbocycles. The van der Waals surface area contributed by atoms with Gasteiger partial charge in [-0.3, -0.25) is 9.89 Å². The molecule has 0 radical (unpaired) electrons. The van der Waals surface area contributed by atoms with Crippen molar-refractivity contribution in [3.63, 3.8) is 0 Å². The zero-order valence-corrected chi connectivity index (χ0v) is 15.6. The molecule has 3 aromatic rings. The van der Waals surface area contributed by atoms with Gasteiger partial charge in [0.05, 0.1) is 11.8 Å². The number of hydrogen-bond donors (Lipinski definition) is 1. The minimum atomic E-state index is -0.451. The molecule has 4 rings (SSSR count). The van der Waals surface area contributed by atoms with E-state index < -0.39 is 5.82 Å². The molecule has 1 amide bonds. The molecule has 1 aliphatic heterocycles. The Balaban J connectivity index is 1.52. The number of nitrogens with one attached hydrogen (secondary N) is 1. The predicted molar refractivity (Wildman–Crippen MR) is 99.8 cm³/mol. The third-order valence-corrected chi connectivity index (χ3v) is 4.80. The van der Waals surface area contributed by atoms with Crippen LogP contribution in [0, 0.1) is 19.7 Å². The van der Waals surface area contributed by atoms with Crippen molar-refractivity contribution in [1.29, 1.82) is 0 Å². The molecule has 0 unspecified atom stereocenters. The van der Waals surface area contributed by atoms with Crippen molar-refractivity contribution >= 4 is 5.91 Å². The molecule has 1 aromatic carbocycles. The SMILES string of the molecule is Cc1cc(Oc2ccccc2F)nc([C@@H]2CCN(C(=O)c3cn[nH]c3C)C2)n1. The van der Waals surface area contributed by atoms with Crippen molar-refractivity contribution in [3.8, 4) is 11.6 Å². The van der Waals surface area contributed by atoms with Crippen molar-refractivity contribution in [3.05, 3.63) is 65.1 Å². The van der Waals surface area contributed by atoms with Crippen molar-refractivity contribution in [2.45, 2.75) is 26.2 Å². The van der Waals surface area contributed by atoms with Crippen LogP contribution in [0.25, 0.3) is 0 Å². The first-order chi connectivity index (χ1) is 13.5. The Kier molecular flexibility index (Phi) is 4.77. The summed E-state index contributed by atoms with van der Waals surface area (Å²) in [5, 5.41) is 6.71. The van der Waals surface area contributed by atoms with E-state index in [1.165, 1.54) is 6.07 Å². The van der Waals surface area contributed by atoms with Crippen molar-refractivity contribution < 1.29 is 13.9 Å². The Hall–Kier alpha value is -3.29. The van der Waals surface area contributed by atoms with E-state index >= 15 is 0 Å². The largest absolute Gasteiger partial charge is 0.436 e. The Morgan fingerprint density at radius 2 is 2.11 bits per heavy atom. The molecule has 144 valence electrons. The Morgan fingerprint density at radius 3 is 2.86 bits per heavy atom. The third kappa shape index (κ3) is 3.58. The van der Waals surface area contributed by atoms with E-state index in [2.05, 4.69) is 20.2 Å². The molecule has 1 saturated heterocycles. The summed E-state index contributed by atoms with van der Waals surface area (Å²) >= 11 is 0. The summed E-state index contributed by atoms with van der Waals surface area (Å²) in [4.78, 5) is 23.4. The highest BCUT2D eigenvalue weighted by Crippen LogP contribution is 2.29. The fraction of sp³-hybridized carbons (Fsp3) is 0.300. The van der Waals surface area contributed by atoms with Crippen LogP contribution in [0.4, 0.5) is 4.39 Å². The molecule has 0 spiro atoms. The second-order valence-corrected chi connectivity index (χ2v) is 6.88. The van der Waals surface area contributed by atoms with Crippen LogP contribution < -0.4 is 4.74 Å². The predicted octanol–water partition coefficient (Wildman–Crippen LogP) is 3.38. The summed E-state index contributed by atoms with van der Waals surface area (Å²) < 4.78 is 19.5. The number of hydrogen-bond acceptors (Lipinski definition) is 5. The lowest BCUT2D eigenvalue weighted by atomic mass is 10.1. The van der Waals surface area contributed by atoms with Gasteiger partial charge < -0.3 is 9.64 Å². The van der Waals surface area contributed by atoms with Gasteiger partial charge in [-0.1, -0.05) is 12.1 Å². The summed E-state index contributed by atoms with van der Waals surface area (Å²) in [5.74, 6) is 0.510. The Bertz CT molecular complexity index is 1020. The maximum atomic E-state index is 13.9. The van der Waals surface area contributed by atoms with E-state index in [-0.39, 0.29) is 17.6 Å². The second kappa shape index (κ2) is 7.38. The van der Waals surface area contributed by atoms with E-state index in [0.29, 0.717) is 30.4 Å². The molecule has 1 N–H and O–H groups in total. The third-order valence-electron chi connectivity index (χ3n) is 4.80. The smallest absolute Gasteiger partial charge is 0.257 e. The van der Waals surface area contributed by atoms with E-state index in [4.69, 9.17) is 4.74 Å². The minimum Gasteiger partial charge on any atom is -0.436 e. The van der Waals surface area contributed by atoms with E-state index in [1.54, 1.807) is 35.4 Å². The van der Waals surface area contributed by atoms with Gasteiger partial charge in [-0.05, 0) is 32.4 Å². The topological polar surface area (TPSA) is 84.0 Å². The second-order valence-electron chi connectivity index (χ2n) is 6.88. The van der Waals surface area contributed by atoms with Gasteiger partial charge in [0, 0.05) is 36.5 Å². The Morgan fingerprint density at radius 1 is 1.29 bits per heavy atom. The van der Waals surface area contributed by atoms with Gasteiger partial charge in [-0.15, -0.1) is 0 Å². The van der Waals surface area contributed by atoms with E-state index in [1.807, 2.05) is 13.8 Å². The zero-order chi connectivity index (χ0) is 19.7. The number of ether oxygens (including phenoxy) is 1. The quantitative estimate of drug-likeness (QED) is 0.749. The highest BCUT2D eigenvalue weighted by atomic mass is 19.1. The number of aromatic nitrogens is 4. The number of carbonyl (C=O) groups is 1. The number of likely N-dealkylation sites (tertiary alicyclic amines) is 1. The van der Waals surface area contributed by atoms with Crippen molar-refractivity contribution in [2.75, 3.05) is 13.1 Å². The summed E-state index contributed by atoms with van der Waals surface area (Å²) in [5.41, 5.74) is 2.06. The standard InChI is InChI=1S/C20H20FN5O2/c1-12-9-18(28-17-6-4-3-5-16(17)21)24-19(23-12)14-7-8-26(11-14)20(27)15-10-22-25-13(15)2/h3-6,9-10,14H,7-8,11H2,1-2H3,(H,22,25)/t14-/m1/s1. The van der Waals surface area contributed by atoms with Crippen molar-refractivity contribution in [2.24, 2.45) is 0 Å². The molecule has 7 nitrogen and oxygen atoms in total. The Labute approximate surface area is 161 Å². The van der Waals surface area contributed by atoms with Gasteiger partial charge in [0.2, 0.25) is 5.88 Å². The molecule has 1 fully saturated rings. The molecule has 8 heteroatoms. The van der Waals surface area contributed by atoms with Crippen LogP contribution in [-0.2, 0) is 0 Å². The molecule has 1 atom stereocenters. The van der Waals surface area contributed by atoms with E-state index in [9.17, 15) is 9.18 Å². The van der Waals surface area contributed by atoms with Crippen LogP contribution in [0.5, 0.6) is 11.6 Å². The lowest BCUT2D eigenvalue weighted by molar-refractivity contribution is 0.0790. The first-order valence-electron chi connectivity index (χ1n) is 9.08. The van der Waals surface area contributed by atoms with Crippen molar-refractivity contribution in [1.82, 2.24) is 25.1 Å². The zero-order valence-electron chi connectivity index (χ0n) is 15.6. The number of H-pyrrole nitrogens is 1. The number of rotatable bonds is 4. The number of nitrogens with zero attached hydrogens (tertiary/aromatic N) is 4. The molecular weight excluding hydrogens is 361 g/mol.